The summed E-state index contributed by atoms with van der Waals surface area (Å²) in [5, 5.41) is 12.9. The number of hydrogen-bond donors (Lipinski definition) is 2. The second-order valence-corrected chi connectivity index (χ2v) is 13.0. The van der Waals surface area contributed by atoms with Gasteiger partial charge in [0, 0.05) is 57.9 Å². The number of nitrogens with zero attached hydrogens (tertiary/aromatic N) is 6. The smallest absolute Gasteiger partial charge is 0.397 e. The van der Waals surface area contributed by atoms with E-state index in [4.69, 9.17) is 25.3 Å². The van der Waals surface area contributed by atoms with E-state index in [1.54, 1.807) is 24.1 Å². The molecule has 1 spiro atoms. The molecule has 4 aliphatic heterocycles. The number of carbonyl (C=O) groups is 2. The largest absolute Gasteiger partial charge is 0.437 e. The Morgan fingerprint density at radius 2 is 1.79 bits per heavy atom. The molecule has 47 heavy (non-hydrogen) atoms. The quantitative estimate of drug-likeness (QED) is 0.370. The van der Waals surface area contributed by atoms with Crippen molar-refractivity contribution in [1.29, 1.82) is 5.41 Å². The molecule has 2 aromatic heterocycles. The predicted molar refractivity (Wildman–Crippen MR) is 176 cm³/mol. The predicted octanol–water partition coefficient (Wildman–Crippen LogP) is 2.56. The zero-order valence-electron chi connectivity index (χ0n) is 26.6. The number of benzene rings is 1. The summed E-state index contributed by atoms with van der Waals surface area (Å²) < 4.78 is 11.8. The van der Waals surface area contributed by atoms with Crippen molar-refractivity contribution in [1.82, 2.24) is 24.6 Å². The molecule has 13 nitrogen and oxygen atoms in total. The molecule has 0 radical (unpaired) electrons. The van der Waals surface area contributed by atoms with Gasteiger partial charge in [0.05, 0.1) is 23.4 Å². The Kier molecular flexibility index (Phi) is 8.27. The first-order valence-electron chi connectivity index (χ1n) is 16.3. The molecular weight excluding hydrogens is 600 g/mol. The van der Waals surface area contributed by atoms with E-state index in [0.29, 0.717) is 81.7 Å². The molecule has 1 atom stereocenters. The Bertz CT molecular complexity index is 1790. The van der Waals surface area contributed by atoms with Gasteiger partial charge in [-0.2, -0.15) is 4.68 Å². The van der Waals surface area contributed by atoms with Crippen LogP contribution in [0.4, 0.5) is 11.5 Å². The van der Waals surface area contributed by atoms with Gasteiger partial charge in [0.15, 0.2) is 0 Å². The normalized spacial score (nSPS) is 22.3. The van der Waals surface area contributed by atoms with Crippen molar-refractivity contribution in [2.75, 3.05) is 63.1 Å². The first kappa shape index (κ1) is 31.0. The fraction of sp³-hybridized carbons (Fsp3) is 0.471. The number of amides is 2. The molecule has 3 aromatic rings. The lowest BCUT2D eigenvalue weighted by Gasteiger charge is -2.29. The standard InChI is InChI=1S/C34H40N8O5/c1-39-33(45)47-31(38-39)25-4-2-22(3-5-25)23-8-14-41(15-9-23)28(43)20-40-16-12-34(21-40)13-17-42(32(34)44)27-7-6-26(35)30(37-27)29(36)24-10-18-46-19-11-24/h2-8,24,36H,9-21,35H2,1H3/t34-/m0/s1. The zero-order valence-corrected chi connectivity index (χ0v) is 26.6. The summed E-state index contributed by atoms with van der Waals surface area (Å²) >= 11 is 0. The highest BCUT2D eigenvalue weighted by molar-refractivity contribution is 6.04. The van der Waals surface area contributed by atoms with Crippen LogP contribution < -0.4 is 16.4 Å². The Balaban J connectivity index is 0.946. The van der Waals surface area contributed by atoms with Crippen molar-refractivity contribution < 1.29 is 18.7 Å². The molecule has 246 valence electrons. The van der Waals surface area contributed by atoms with Crippen LogP contribution in [-0.4, -0.2) is 94.6 Å². The van der Waals surface area contributed by atoms with E-state index in [0.717, 1.165) is 35.1 Å². The Morgan fingerprint density at radius 1 is 1.04 bits per heavy atom. The van der Waals surface area contributed by atoms with Gasteiger partial charge in [-0.15, -0.1) is 5.10 Å². The van der Waals surface area contributed by atoms with Gasteiger partial charge in [0.25, 0.3) is 0 Å². The Hall–Kier alpha value is -4.62. The summed E-state index contributed by atoms with van der Waals surface area (Å²) in [5.41, 5.74) is 9.99. The summed E-state index contributed by atoms with van der Waals surface area (Å²) in [5.74, 6) is 0.474. The van der Waals surface area contributed by atoms with Crippen molar-refractivity contribution in [2.45, 2.75) is 32.1 Å². The molecule has 0 unspecified atom stereocenters. The van der Waals surface area contributed by atoms with Crippen molar-refractivity contribution in [2.24, 2.45) is 18.4 Å². The first-order chi connectivity index (χ1) is 22.7. The average molecular weight is 641 g/mol. The highest BCUT2D eigenvalue weighted by Crippen LogP contribution is 2.42. The van der Waals surface area contributed by atoms with Crippen LogP contribution in [0.1, 0.15) is 43.4 Å². The van der Waals surface area contributed by atoms with Gasteiger partial charge in [-0.25, -0.2) is 9.78 Å². The fourth-order valence-corrected chi connectivity index (χ4v) is 7.26. The van der Waals surface area contributed by atoms with Crippen LogP contribution in [0, 0.1) is 16.7 Å². The van der Waals surface area contributed by atoms with Crippen LogP contribution in [0.25, 0.3) is 17.0 Å². The number of anilines is 2. The minimum absolute atomic E-state index is 0.0371. The van der Waals surface area contributed by atoms with E-state index < -0.39 is 11.2 Å². The maximum absolute atomic E-state index is 13.9. The number of carbonyl (C=O) groups excluding carboxylic acids is 2. The van der Waals surface area contributed by atoms with Crippen LogP contribution >= 0.6 is 0 Å². The molecule has 7 rings (SSSR count). The molecule has 2 amide bonds. The number of hydrogen-bond acceptors (Lipinski definition) is 10. The molecule has 4 aliphatic rings. The third kappa shape index (κ3) is 6.00. The molecule has 0 bridgehead atoms. The van der Waals surface area contributed by atoms with Crippen molar-refractivity contribution >= 4 is 34.6 Å². The SMILES string of the molecule is Cn1nc(-c2ccc(C3=CCN(C(=O)CN4CC[C@]5(CCN(c6ccc(N)c(C(=N)C7CCOCC7)n6)C5=O)C4)CC3)cc2)oc1=O. The molecule has 0 aliphatic carbocycles. The number of aryl methyl sites for hydroxylation is 1. The Morgan fingerprint density at radius 3 is 2.49 bits per heavy atom. The maximum Gasteiger partial charge on any atom is 0.437 e. The highest BCUT2D eigenvalue weighted by atomic mass is 16.5. The van der Waals surface area contributed by atoms with E-state index in [1.807, 2.05) is 29.2 Å². The lowest BCUT2D eigenvalue weighted by Crippen LogP contribution is -2.43. The number of nitrogen functional groups attached to an aromatic ring is 1. The molecule has 3 fully saturated rings. The molecular formula is C34H40N8O5. The number of aromatic nitrogens is 3. The van der Waals surface area contributed by atoms with Crippen molar-refractivity contribution in [3.05, 3.63) is 64.3 Å². The lowest BCUT2D eigenvalue weighted by molar-refractivity contribution is -0.132. The van der Waals surface area contributed by atoms with Gasteiger partial charge in [-0.05, 0) is 74.1 Å². The van der Waals surface area contributed by atoms with Crippen LogP contribution in [-0.2, 0) is 21.4 Å². The monoisotopic (exact) mass is 640 g/mol. The second kappa shape index (κ2) is 12.5. The molecule has 3 saturated heterocycles. The molecule has 1 aromatic carbocycles. The van der Waals surface area contributed by atoms with Crippen LogP contribution in [0.5, 0.6) is 0 Å². The van der Waals surface area contributed by atoms with Crippen molar-refractivity contribution in [3.63, 3.8) is 0 Å². The third-order valence-corrected chi connectivity index (χ3v) is 10.1. The van der Waals surface area contributed by atoms with Crippen LogP contribution in [0.3, 0.4) is 0 Å². The van der Waals surface area contributed by atoms with E-state index >= 15 is 0 Å². The Labute approximate surface area is 272 Å². The first-order valence-corrected chi connectivity index (χ1v) is 16.3. The van der Waals surface area contributed by atoms with Crippen LogP contribution in [0.15, 0.2) is 51.7 Å². The molecule has 3 N–H and O–H groups in total. The number of nitrogens with two attached hydrogens (primary N) is 1. The minimum Gasteiger partial charge on any atom is -0.397 e. The van der Waals surface area contributed by atoms with E-state index in [-0.39, 0.29) is 30.2 Å². The number of pyridine rings is 1. The second-order valence-electron chi connectivity index (χ2n) is 13.0. The van der Waals surface area contributed by atoms with E-state index in [9.17, 15) is 14.4 Å². The van der Waals surface area contributed by atoms with Gasteiger partial charge in [0.1, 0.15) is 11.5 Å². The zero-order chi connectivity index (χ0) is 32.7. The van der Waals surface area contributed by atoms with E-state index in [2.05, 4.69) is 16.1 Å². The average Bonchev–Trinajstić information content (AvgIpc) is 3.77. The summed E-state index contributed by atoms with van der Waals surface area (Å²) in [6.45, 7) is 4.49. The summed E-state index contributed by atoms with van der Waals surface area (Å²) in [4.78, 5) is 49.2. The molecule has 6 heterocycles. The number of likely N-dealkylation sites (tertiary alicyclic amines) is 1. The minimum atomic E-state index is -0.531. The van der Waals surface area contributed by atoms with Gasteiger partial charge in [0.2, 0.25) is 17.7 Å². The maximum atomic E-state index is 13.9. The van der Waals surface area contributed by atoms with Gasteiger partial charge in [-0.1, -0.05) is 18.2 Å². The topological polar surface area (TPSA) is 164 Å². The lowest BCUT2D eigenvalue weighted by atomic mass is 9.85. The molecule has 0 saturated carbocycles. The van der Waals surface area contributed by atoms with Crippen molar-refractivity contribution in [3.8, 4) is 11.5 Å². The molecule has 13 heteroatoms. The summed E-state index contributed by atoms with van der Waals surface area (Å²) in [6, 6.07) is 11.3. The summed E-state index contributed by atoms with van der Waals surface area (Å²) in [7, 11) is 1.55. The number of ether oxygens (including phenoxy) is 1. The highest BCUT2D eigenvalue weighted by Gasteiger charge is 2.51. The number of rotatable bonds is 7. The van der Waals surface area contributed by atoms with Gasteiger partial charge < -0.3 is 25.2 Å². The fourth-order valence-electron chi connectivity index (χ4n) is 7.26. The third-order valence-electron chi connectivity index (χ3n) is 10.1. The number of nitrogens with one attached hydrogen (secondary N) is 1. The van der Waals surface area contributed by atoms with Gasteiger partial charge >= 0.3 is 5.76 Å². The van der Waals surface area contributed by atoms with Gasteiger partial charge in [-0.3, -0.25) is 19.4 Å². The summed E-state index contributed by atoms with van der Waals surface area (Å²) in [6.07, 6.45) is 5.78. The van der Waals surface area contributed by atoms with E-state index in [1.165, 1.54) is 5.57 Å². The van der Waals surface area contributed by atoms with Crippen LogP contribution in [0.2, 0.25) is 0 Å².